The van der Waals surface area contributed by atoms with Crippen molar-refractivity contribution in [2.45, 2.75) is 58.0 Å². The minimum Gasteiger partial charge on any atom is -0.497 e. The van der Waals surface area contributed by atoms with Crippen LogP contribution in [-0.4, -0.2) is 20.2 Å². The molecule has 0 unspecified atom stereocenters. The largest absolute Gasteiger partial charge is 0.497 e. The number of hydrogen-bond acceptors (Lipinski definition) is 4. The topological polar surface area (TPSA) is 44.8 Å². The first-order valence-corrected chi connectivity index (χ1v) is 12.5. The molecule has 5 heteroatoms. The molecular formula is C31H35FO4. The van der Waals surface area contributed by atoms with Crippen molar-refractivity contribution < 1.29 is 23.4 Å². The summed E-state index contributed by atoms with van der Waals surface area (Å²) in [6.45, 7) is 6.72. The smallest absolute Gasteiger partial charge is 0.306 e. The number of benzene rings is 3. The van der Waals surface area contributed by atoms with Crippen LogP contribution < -0.4 is 9.47 Å². The molecule has 0 spiro atoms. The number of esters is 1. The quantitative estimate of drug-likeness (QED) is 0.293. The van der Waals surface area contributed by atoms with Crippen LogP contribution in [0.5, 0.6) is 11.5 Å². The second kappa shape index (κ2) is 10.7. The number of hydrogen-bond donors (Lipinski definition) is 0. The van der Waals surface area contributed by atoms with Crippen LogP contribution in [0.3, 0.4) is 0 Å². The molecule has 1 fully saturated rings. The number of ether oxygens (including phenoxy) is 3. The number of carbonyl (C=O) groups is 1. The third kappa shape index (κ3) is 6.07. The zero-order valence-corrected chi connectivity index (χ0v) is 21.8. The van der Waals surface area contributed by atoms with E-state index in [1.165, 1.54) is 13.2 Å². The zero-order valence-electron chi connectivity index (χ0n) is 21.8. The SMILES string of the molecule is COC(=O)C[C@@H](c1ccc(OCc2ccc(C(C)(C)C)c(-c3cc(OC)ccc3F)c2)cc1)C1CC1. The summed E-state index contributed by atoms with van der Waals surface area (Å²) in [5.41, 5.74) is 4.33. The van der Waals surface area contributed by atoms with Crippen molar-refractivity contribution in [1.82, 2.24) is 0 Å². The second-order valence-electron chi connectivity index (χ2n) is 10.6. The van der Waals surface area contributed by atoms with Crippen molar-refractivity contribution in [2.75, 3.05) is 14.2 Å². The Balaban J connectivity index is 1.54. The van der Waals surface area contributed by atoms with E-state index in [1.807, 2.05) is 36.4 Å². The summed E-state index contributed by atoms with van der Waals surface area (Å²) in [6, 6.07) is 18.9. The monoisotopic (exact) mass is 490 g/mol. The van der Waals surface area contributed by atoms with Crippen LogP contribution in [0.1, 0.15) is 62.6 Å². The van der Waals surface area contributed by atoms with Gasteiger partial charge in [0.05, 0.1) is 20.6 Å². The van der Waals surface area contributed by atoms with Gasteiger partial charge in [0.25, 0.3) is 0 Å². The molecule has 3 aromatic carbocycles. The van der Waals surface area contributed by atoms with E-state index in [-0.39, 0.29) is 23.1 Å². The van der Waals surface area contributed by atoms with Gasteiger partial charge in [0.15, 0.2) is 0 Å². The lowest BCUT2D eigenvalue weighted by atomic mass is 9.81. The summed E-state index contributed by atoms with van der Waals surface area (Å²) in [5, 5.41) is 0. The molecule has 1 aliphatic carbocycles. The zero-order chi connectivity index (χ0) is 25.9. The van der Waals surface area contributed by atoms with E-state index in [9.17, 15) is 9.18 Å². The van der Waals surface area contributed by atoms with Gasteiger partial charge in [-0.1, -0.05) is 45.0 Å². The Labute approximate surface area is 213 Å². The number of halogens is 1. The average Bonchev–Trinajstić information content (AvgIpc) is 3.71. The maximum atomic E-state index is 14.9. The van der Waals surface area contributed by atoms with Crippen molar-refractivity contribution in [2.24, 2.45) is 5.92 Å². The Morgan fingerprint density at radius 2 is 1.64 bits per heavy atom. The molecule has 3 aromatic rings. The molecule has 190 valence electrons. The normalized spacial score (nSPS) is 14.3. The molecule has 0 bridgehead atoms. The lowest BCUT2D eigenvalue weighted by Gasteiger charge is -2.24. The Morgan fingerprint density at radius 3 is 2.25 bits per heavy atom. The van der Waals surface area contributed by atoms with Crippen LogP contribution >= 0.6 is 0 Å². The van der Waals surface area contributed by atoms with Crippen molar-refractivity contribution in [3.63, 3.8) is 0 Å². The molecule has 4 nitrogen and oxygen atoms in total. The van der Waals surface area contributed by atoms with Gasteiger partial charge in [0, 0.05) is 5.56 Å². The minimum absolute atomic E-state index is 0.164. The van der Waals surface area contributed by atoms with Crippen molar-refractivity contribution in [3.05, 3.63) is 83.2 Å². The number of rotatable bonds is 9. The second-order valence-corrected chi connectivity index (χ2v) is 10.6. The summed E-state index contributed by atoms with van der Waals surface area (Å²) in [5.74, 6) is 1.65. The van der Waals surface area contributed by atoms with Gasteiger partial charge < -0.3 is 14.2 Å². The van der Waals surface area contributed by atoms with Gasteiger partial charge in [0.2, 0.25) is 0 Å². The molecule has 0 heterocycles. The Kier molecular flexibility index (Phi) is 7.67. The van der Waals surface area contributed by atoms with Gasteiger partial charge in [-0.25, -0.2) is 4.39 Å². The molecule has 0 N–H and O–H groups in total. The van der Waals surface area contributed by atoms with Gasteiger partial charge in [-0.2, -0.15) is 0 Å². The highest BCUT2D eigenvalue weighted by atomic mass is 19.1. The molecule has 1 aliphatic rings. The molecule has 1 saturated carbocycles. The van der Waals surface area contributed by atoms with Crippen LogP contribution in [0.4, 0.5) is 4.39 Å². The maximum absolute atomic E-state index is 14.9. The highest BCUT2D eigenvalue weighted by molar-refractivity contribution is 5.72. The van der Waals surface area contributed by atoms with Crippen molar-refractivity contribution in [1.29, 1.82) is 0 Å². The lowest BCUT2D eigenvalue weighted by Crippen LogP contribution is -2.13. The first-order chi connectivity index (χ1) is 17.2. The fourth-order valence-corrected chi connectivity index (χ4v) is 4.69. The van der Waals surface area contributed by atoms with E-state index < -0.39 is 0 Å². The fraction of sp³-hybridized carbons (Fsp3) is 0.387. The molecule has 0 aromatic heterocycles. The fourth-order valence-electron chi connectivity index (χ4n) is 4.69. The van der Waals surface area contributed by atoms with E-state index in [2.05, 4.69) is 26.8 Å². The van der Waals surface area contributed by atoms with Crippen LogP contribution in [0.15, 0.2) is 60.7 Å². The van der Waals surface area contributed by atoms with E-state index in [0.717, 1.165) is 40.8 Å². The van der Waals surface area contributed by atoms with Gasteiger partial charge in [-0.05, 0) is 88.7 Å². The van der Waals surface area contributed by atoms with E-state index >= 15 is 0 Å². The highest BCUT2D eigenvalue weighted by Gasteiger charge is 2.34. The number of carbonyl (C=O) groups excluding carboxylic acids is 1. The van der Waals surface area contributed by atoms with E-state index in [4.69, 9.17) is 14.2 Å². The van der Waals surface area contributed by atoms with Crippen molar-refractivity contribution in [3.8, 4) is 22.6 Å². The summed E-state index contributed by atoms with van der Waals surface area (Å²) >= 11 is 0. The molecular weight excluding hydrogens is 455 g/mol. The third-order valence-corrected chi connectivity index (χ3v) is 6.87. The van der Waals surface area contributed by atoms with E-state index in [1.54, 1.807) is 19.2 Å². The first kappa shape index (κ1) is 25.7. The van der Waals surface area contributed by atoms with Crippen LogP contribution in [0, 0.1) is 11.7 Å². The maximum Gasteiger partial charge on any atom is 0.306 e. The standard InChI is InChI=1S/C31H35FO4/c1-31(2,3)28-14-6-20(16-26(28)27-17-24(34-4)13-15-29(27)32)19-36-23-11-9-22(10-12-23)25(21-7-8-21)18-30(33)35-5/h6,9-17,21,25H,7-8,18-19H2,1-5H3/t25-/m1/s1. The predicted molar refractivity (Wildman–Crippen MR) is 140 cm³/mol. The third-order valence-electron chi connectivity index (χ3n) is 6.87. The molecule has 1 atom stereocenters. The molecule has 4 rings (SSSR count). The highest BCUT2D eigenvalue weighted by Crippen LogP contribution is 2.45. The van der Waals surface area contributed by atoms with Gasteiger partial charge in [-0.3, -0.25) is 4.79 Å². The number of methoxy groups -OCH3 is 2. The summed E-state index contributed by atoms with van der Waals surface area (Å²) in [6.07, 6.45) is 2.71. The average molecular weight is 491 g/mol. The Bertz CT molecular complexity index is 1210. The van der Waals surface area contributed by atoms with Gasteiger partial charge in [0.1, 0.15) is 23.9 Å². The molecule has 36 heavy (non-hydrogen) atoms. The lowest BCUT2D eigenvalue weighted by molar-refractivity contribution is -0.141. The Morgan fingerprint density at radius 1 is 0.944 bits per heavy atom. The van der Waals surface area contributed by atoms with Gasteiger partial charge in [-0.15, -0.1) is 0 Å². The minimum atomic E-state index is -0.285. The molecule has 0 radical (unpaired) electrons. The van der Waals surface area contributed by atoms with Crippen LogP contribution in [0.2, 0.25) is 0 Å². The predicted octanol–water partition coefficient (Wildman–Crippen LogP) is 7.43. The van der Waals surface area contributed by atoms with Crippen molar-refractivity contribution >= 4 is 5.97 Å². The van der Waals surface area contributed by atoms with Crippen LogP contribution in [-0.2, 0) is 21.6 Å². The summed E-state index contributed by atoms with van der Waals surface area (Å²) in [4.78, 5) is 11.8. The first-order valence-electron chi connectivity index (χ1n) is 12.5. The summed E-state index contributed by atoms with van der Waals surface area (Å²) in [7, 11) is 3.02. The molecule has 0 amide bonds. The van der Waals surface area contributed by atoms with Crippen LogP contribution in [0.25, 0.3) is 11.1 Å². The van der Waals surface area contributed by atoms with E-state index in [0.29, 0.717) is 30.3 Å². The van der Waals surface area contributed by atoms with Gasteiger partial charge >= 0.3 is 5.97 Å². The molecule has 0 saturated heterocycles. The molecule has 0 aliphatic heterocycles. The Hall–Kier alpha value is -3.34. The summed E-state index contributed by atoms with van der Waals surface area (Å²) < 4.78 is 31.2.